The summed E-state index contributed by atoms with van der Waals surface area (Å²) in [5.74, 6) is -5.28. The predicted molar refractivity (Wildman–Crippen MR) is 208 cm³/mol. The standard InChI is InChI=1S/C35H49N11O8S2/c1-17-29(49)39-18(2)30(50)41-20(4)32(52)45-26(34(54)44-25(28(36)48)12-22-13-37-16-38-22)15-56-35-23-9-11-55-27(23)14-46(35)10-7-6-8-24(43-21(5)47)33(53)42-19(3)31(51)40-17/h9,11,13-14,16-20,24-26H,6-8,10,12,15H2,1-5H3,(H2,36,48)(H,37,38)(H,39,49)(H,40,51)(H,41,50)(H,42,53)(H,43,47)(H,44,54)(H,45,52)/t17-,18-,19-,20-,24-,25-,26-/m0/s1. The number of thioether (sulfide) groups is 1. The molecule has 3 aromatic heterocycles. The van der Waals surface area contributed by atoms with Gasteiger partial charge in [-0.3, -0.25) is 38.4 Å². The van der Waals surface area contributed by atoms with Gasteiger partial charge in [-0.2, -0.15) is 0 Å². The lowest BCUT2D eigenvalue weighted by Gasteiger charge is -2.25. The molecule has 0 bridgehead atoms. The molecule has 4 heterocycles. The molecule has 0 aliphatic carbocycles. The van der Waals surface area contributed by atoms with Gasteiger partial charge < -0.3 is 52.5 Å². The second-order valence-electron chi connectivity index (χ2n) is 13.6. The van der Waals surface area contributed by atoms with E-state index in [2.05, 4.69) is 47.2 Å². The zero-order valence-electron chi connectivity index (χ0n) is 31.7. The van der Waals surface area contributed by atoms with Crippen LogP contribution in [0, 0.1) is 0 Å². The van der Waals surface area contributed by atoms with Crippen LogP contribution in [0.2, 0.25) is 0 Å². The molecule has 7 atom stereocenters. The van der Waals surface area contributed by atoms with Crippen molar-refractivity contribution >= 4 is 80.4 Å². The van der Waals surface area contributed by atoms with Gasteiger partial charge in [0.25, 0.3) is 0 Å². The highest BCUT2D eigenvalue weighted by molar-refractivity contribution is 7.99. The quantitative estimate of drug-likeness (QED) is 0.145. The molecule has 1 aliphatic rings. The normalized spacial score (nSPS) is 24.6. The highest BCUT2D eigenvalue weighted by atomic mass is 32.2. The van der Waals surface area contributed by atoms with E-state index in [1.54, 1.807) is 0 Å². The topological polar surface area (TPSA) is 280 Å². The third kappa shape index (κ3) is 12.0. The van der Waals surface area contributed by atoms with Gasteiger partial charge in [-0.15, -0.1) is 23.1 Å². The number of aromatic amines is 1. The van der Waals surface area contributed by atoms with Crippen LogP contribution in [0.5, 0.6) is 0 Å². The number of H-pyrrole nitrogens is 1. The van der Waals surface area contributed by atoms with E-state index in [1.807, 2.05) is 22.2 Å². The molecule has 0 radical (unpaired) electrons. The van der Waals surface area contributed by atoms with Gasteiger partial charge in [0.2, 0.25) is 47.3 Å². The smallest absolute Gasteiger partial charge is 0.244 e. The minimum Gasteiger partial charge on any atom is -0.368 e. The van der Waals surface area contributed by atoms with Crippen LogP contribution < -0.4 is 43.0 Å². The molecule has 0 saturated heterocycles. The fourth-order valence-electron chi connectivity index (χ4n) is 5.77. The summed E-state index contributed by atoms with van der Waals surface area (Å²) in [4.78, 5) is 111. The fraction of sp³-hybridized carbons (Fsp3) is 0.514. The Morgan fingerprint density at radius 1 is 0.893 bits per heavy atom. The van der Waals surface area contributed by atoms with Crippen LogP contribution in [0.25, 0.3) is 10.1 Å². The van der Waals surface area contributed by atoms with Gasteiger partial charge >= 0.3 is 0 Å². The molecule has 0 spiro atoms. The Labute approximate surface area is 331 Å². The summed E-state index contributed by atoms with van der Waals surface area (Å²) in [6.45, 7) is 7.43. The maximum atomic E-state index is 13.8. The first-order valence-electron chi connectivity index (χ1n) is 18.1. The van der Waals surface area contributed by atoms with E-state index in [-0.39, 0.29) is 18.6 Å². The highest BCUT2D eigenvalue weighted by Gasteiger charge is 2.31. The van der Waals surface area contributed by atoms with Gasteiger partial charge in [-0.1, -0.05) is 0 Å². The van der Waals surface area contributed by atoms with Crippen LogP contribution in [-0.2, 0) is 51.3 Å². The first-order chi connectivity index (χ1) is 26.5. The first kappa shape index (κ1) is 43.3. The molecule has 0 unspecified atom stereocenters. The molecule has 19 nitrogen and oxygen atoms in total. The molecule has 1 aliphatic heterocycles. The summed E-state index contributed by atoms with van der Waals surface area (Å²) >= 11 is 2.83. The Kier molecular flexibility index (Phi) is 15.4. The molecular formula is C35H49N11O8S2. The van der Waals surface area contributed by atoms with Crippen LogP contribution >= 0.6 is 23.1 Å². The monoisotopic (exact) mass is 815 g/mol. The Morgan fingerprint density at radius 2 is 1.48 bits per heavy atom. The van der Waals surface area contributed by atoms with Crippen molar-refractivity contribution in [1.82, 2.24) is 51.8 Å². The summed E-state index contributed by atoms with van der Waals surface area (Å²) in [7, 11) is 0. The largest absolute Gasteiger partial charge is 0.368 e. The second-order valence-corrected chi connectivity index (χ2v) is 15.6. The number of thiophene rings is 1. The number of fused-ring (bicyclic) bond motifs is 3. The number of aromatic nitrogens is 3. The Hall–Kier alpha value is -5.44. The number of rotatable bonds is 6. The number of aryl methyl sites for hydroxylation is 1. The lowest BCUT2D eigenvalue weighted by molar-refractivity contribution is -0.134. The Balaban J connectivity index is 1.62. The highest BCUT2D eigenvalue weighted by Crippen LogP contribution is 2.34. The van der Waals surface area contributed by atoms with Crippen molar-refractivity contribution in [1.29, 1.82) is 0 Å². The number of hydrogen-bond acceptors (Lipinski definition) is 11. The molecule has 0 fully saturated rings. The maximum Gasteiger partial charge on any atom is 0.244 e. The molecule has 304 valence electrons. The first-order valence-corrected chi connectivity index (χ1v) is 20.0. The lowest BCUT2D eigenvalue weighted by Crippen LogP contribution is -2.59. The molecule has 10 N–H and O–H groups in total. The number of hydrogen-bond donors (Lipinski definition) is 9. The van der Waals surface area contributed by atoms with Crippen molar-refractivity contribution in [3.05, 3.63) is 35.9 Å². The lowest BCUT2D eigenvalue weighted by atomic mass is 10.1. The van der Waals surface area contributed by atoms with Crippen LogP contribution in [0.15, 0.2) is 35.2 Å². The van der Waals surface area contributed by atoms with E-state index in [1.165, 1.54) is 70.2 Å². The summed E-state index contributed by atoms with van der Waals surface area (Å²) in [6, 6.07) is -5.82. The molecule has 0 saturated carbocycles. The van der Waals surface area contributed by atoms with Crippen molar-refractivity contribution in [2.24, 2.45) is 5.73 Å². The number of nitrogens with one attached hydrogen (secondary N) is 8. The number of nitrogens with zero attached hydrogens (tertiary/aromatic N) is 2. The van der Waals surface area contributed by atoms with Crippen molar-refractivity contribution in [3.63, 3.8) is 0 Å². The summed E-state index contributed by atoms with van der Waals surface area (Å²) < 4.78 is 3.00. The number of carbonyl (C=O) groups is 8. The number of nitrogens with two attached hydrogens (primary N) is 1. The number of primary amides is 1. The van der Waals surface area contributed by atoms with Crippen molar-refractivity contribution in [2.45, 2.75) is 114 Å². The SMILES string of the molecule is CC(=O)N[C@H]1CCCCn2cc3sccc3c2SC[C@@H](C(=O)N[C@@H](Cc2cnc[nH]2)C(N)=O)NC(=O)[C@H](C)NC(=O)[C@H](C)NC(=O)[C@H](C)NC(=O)[C@H](C)NC1=O. The molecule has 8 amide bonds. The van der Waals surface area contributed by atoms with Gasteiger partial charge in [-0.05, 0) is 58.4 Å². The van der Waals surface area contributed by atoms with Gasteiger partial charge in [0.15, 0.2) is 0 Å². The number of imidazole rings is 1. The molecule has 56 heavy (non-hydrogen) atoms. The zero-order chi connectivity index (χ0) is 41.1. The molecule has 21 heteroatoms. The van der Waals surface area contributed by atoms with Crippen LogP contribution in [0.1, 0.15) is 59.6 Å². The minimum atomic E-state index is -1.21. The van der Waals surface area contributed by atoms with Crippen LogP contribution in [0.3, 0.4) is 0 Å². The van der Waals surface area contributed by atoms with E-state index in [0.717, 1.165) is 15.1 Å². The van der Waals surface area contributed by atoms with E-state index >= 15 is 0 Å². The van der Waals surface area contributed by atoms with E-state index < -0.39 is 89.6 Å². The molecule has 3 aromatic rings. The third-order valence-electron chi connectivity index (χ3n) is 8.96. The van der Waals surface area contributed by atoms with Crippen LogP contribution in [0.4, 0.5) is 0 Å². The summed E-state index contributed by atoms with van der Waals surface area (Å²) in [5, 5.41) is 21.8. The Bertz CT molecular complexity index is 1910. The van der Waals surface area contributed by atoms with Crippen molar-refractivity contribution < 1.29 is 38.4 Å². The van der Waals surface area contributed by atoms with Crippen molar-refractivity contribution in [3.8, 4) is 0 Å². The van der Waals surface area contributed by atoms with Gasteiger partial charge in [0.1, 0.15) is 42.3 Å². The average Bonchev–Trinajstić information content (AvgIpc) is 3.89. The van der Waals surface area contributed by atoms with Crippen molar-refractivity contribution in [2.75, 3.05) is 5.75 Å². The van der Waals surface area contributed by atoms with Gasteiger partial charge in [0, 0.05) is 49.1 Å². The predicted octanol–water partition coefficient (Wildman–Crippen LogP) is -1.08. The van der Waals surface area contributed by atoms with Gasteiger partial charge in [-0.25, -0.2) is 4.98 Å². The molecule has 0 aromatic carbocycles. The van der Waals surface area contributed by atoms with Gasteiger partial charge in [0.05, 0.1) is 16.1 Å². The second kappa shape index (κ2) is 19.9. The Morgan fingerprint density at radius 3 is 2.04 bits per heavy atom. The van der Waals surface area contributed by atoms with E-state index in [0.29, 0.717) is 25.1 Å². The maximum absolute atomic E-state index is 13.8. The van der Waals surface area contributed by atoms with Crippen LogP contribution in [-0.4, -0.2) is 110 Å². The summed E-state index contributed by atoms with van der Waals surface area (Å²) in [5.41, 5.74) is 6.18. The molecule has 4 rings (SSSR count). The zero-order valence-corrected chi connectivity index (χ0v) is 33.4. The fourth-order valence-corrected chi connectivity index (χ4v) is 7.87. The summed E-state index contributed by atoms with van der Waals surface area (Å²) in [6.07, 6.45) is 6.28. The molecular weight excluding hydrogens is 767 g/mol. The van der Waals surface area contributed by atoms with E-state index in [4.69, 9.17) is 5.73 Å². The third-order valence-corrected chi connectivity index (χ3v) is 11.0. The average molecular weight is 816 g/mol. The number of carbonyl (C=O) groups excluding carboxylic acids is 8. The van der Waals surface area contributed by atoms with E-state index in [9.17, 15) is 38.4 Å². The number of amides is 8. The minimum absolute atomic E-state index is 0.0156.